The number of methoxy groups -OCH3 is 1. The van der Waals surface area contributed by atoms with Gasteiger partial charge in [-0.2, -0.15) is 27.1 Å². The predicted octanol–water partition coefficient (Wildman–Crippen LogP) is 5.94. The first-order chi connectivity index (χ1) is 22.1. The molecule has 14 heteroatoms. The standard InChI is InChI=1S/C33H34F5N7O2/c1-12(2)16-9-17(33(36,37)38)43-45(16)32-22-18-21-19(22)25(32)30(21,24(18)32)10-44(14(5)46)28-15-7-8-31(34,35)26(15)41-27(42-28)20-23(13(3)4)39-11-40-29(20)47-6/h9,11-13,18-19,21-22,24-25H,7-8,10H2,1-6H3/t18-,19+,21?,22?,24?,25?,30?,32?. The van der Waals surface area contributed by atoms with Crippen LogP contribution in [0.4, 0.5) is 27.8 Å². The average Bonchev–Trinajstić information content (AvgIpc) is 3.61. The molecule has 3 aromatic heterocycles. The van der Waals surface area contributed by atoms with Crippen molar-refractivity contribution in [1.82, 2.24) is 29.7 Å². The van der Waals surface area contributed by atoms with Crippen molar-refractivity contribution in [3.05, 3.63) is 40.7 Å². The van der Waals surface area contributed by atoms with Crippen molar-refractivity contribution in [2.45, 2.75) is 76.9 Å². The van der Waals surface area contributed by atoms with Gasteiger partial charge >= 0.3 is 6.18 Å². The fourth-order valence-corrected chi connectivity index (χ4v) is 11.3. The smallest absolute Gasteiger partial charge is 0.435 e. The van der Waals surface area contributed by atoms with Crippen LogP contribution in [-0.4, -0.2) is 49.3 Å². The summed E-state index contributed by atoms with van der Waals surface area (Å²) in [4.78, 5) is 32.8. The number of rotatable bonds is 8. The van der Waals surface area contributed by atoms with Crippen molar-refractivity contribution < 1.29 is 31.5 Å². The van der Waals surface area contributed by atoms with Gasteiger partial charge in [0.1, 0.15) is 23.4 Å². The summed E-state index contributed by atoms with van der Waals surface area (Å²) in [6.45, 7) is 9.23. The van der Waals surface area contributed by atoms with E-state index in [1.54, 1.807) is 4.68 Å². The van der Waals surface area contributed by atoms with Crippen LogP contribution in [0.25, 0.3) is 11.4 Å². The Kier molecular flexibility index (Phi) is 5.42. The van der Waals surface area contributed by atoms with E-state index < -0.39 is 35.4 Å². The van der Waals surface area contributed by atoms with Gasteiger partial charge in [0.05, 0.1) is 18.3 Å². The first kappa shape index (κ1) is 29.4. The number of halogens is 5. The lowest BCUT2D eigenvalue weighted by Gasteiger charge is -3.11. The summed E-state index contributed by atoms with van der Waals surface area (Å²) in [5.41, 5.74) is -0.408. The Morgan fingerprint density at radius 2 is 1.79 bits per heavy atom. The monoisotopic (exact) mass is 655 g/mol. The molecule has 6 fully saturated rings. The molecule has 0 saturated heterocycles. The molecular weight excluding hydrogens is 621 g/mol. The number of anilines is 1. The summed E-state index contributed by atoms with van der Waals surface area (Å²) >= 11 is 0. The maximum absolute atomic E-state index is 15.4. The fraction of sp³-hybridized carbons (Fsp3) is 0.636. The molecule has 3 aromatic rings. The summed E-state index contributed by atoms with van der Waals surface area (Å²) in [5, 5.41) is 4.18. The molecule has 3 heterocycles. The Labute approximate surface area is 267 Å². The third-order valence-corrected chi connectivity index (χ3v) is 12.6. The summed E-state index contributed by atoms with van der Waals surface area (Å²) in [7, 11) is 1.42. The quantitative estimate of drug-likeness (QED) is 0.277. The molecule has 47 heavy (non-hydrogen) atoms. The number of aromatic nitrogens is 6. The second-order valence-corrected chi connectivity index (χ2v) is 15.0. The minimum absolute atomic E-state index is 0.00694. The number of amides is 1. The van der Waals surface area contributed by atoms with E-state index in [1.807, 2.05) is 27.7 Å². The lowest BCUT2D eigenvalue weighted by Crippen LogP contribution is -3.13. The van der Waals surface area contributed by atoms with Crippen LogP contribution in [0.2, 0.25) is 0 Å². The molecule has 8 atom stereocenters. The molecule has 0 aromatic carbocycles. The number of alkyl halides is 5. The molecule has 7 aliphatic carbocycles. The van der Waals surface area contributed by atoms with Crippen molar-refractivity contribution in [1.29, 1.82) is 0 Å². The molecular formula is C33H34F5N7O2. The molecule has 0 spiro atoms. The van der Waals surface area contributed by atoms with Gasteiger partial charge in [-0.1, -0.05) is 27.7 Å². The van der Waals surface area contributed by atoms with E-state index in [9.17, 15) is 18.0 Å². The molecule has 248 valence electrons. The van der Waals surface area contributed by atoms with Gasteiger partial charge in [0.15, 0.2) is 11.5 Å². The van der Waals surface area contributed by atoms with Gasteiger partial charge in [0.25, 0.3) is 5.92 Å². The molecule has 0 radical (unpaired) electrons. The molecule has 0 aliphatic heterocycles. The Morgan fingerprint density at radius 3 is 2.38 bits per heavy atom. The highest BCUT2D eigenvalue weighted by Gasteiger charge is 3.11. The summed E-state index contributed by atoms with van der Waals surface area (Å²) in [6.07, 6.45) is -3.66. The Balaban J connectivity index is 1.14. The highest BCUT2D eigenvalue weighted by molar-refractivity contribution is 5.92. The second-order valence-electron chi connectivity index (χ2n) is 15.0. The van der Waals surface area contributed by atoms with Crippen molar-refractivity contribution in [3.63, 3.8) is 0 Å². The largest absolute Gasteiger partial charge is 0.480 e. The first-order valence-corrected chi connectivity index (χ1v) is 16.3. The van der Waals surface area contributed by atoms with Gasteiger partial charge in [-0.15, -0.1) is 0 Å². The van der Waals surface area contributed by atoms with Crippen molar-refractivity contribution in [2.75, 3.05) is 18.6 Å². The number of ether oxygens (including phenoxy) is 1. The predicted molar refractivity (Wildman–Crippen MR) is 157 cm³/mol. The average molecular weight is 656 g/mol. The molecule has 10 rings (SSSR count). The minimum atomic E-state index is -4.55. The number of hydrogen-bond donors (Lipinski definition) is 0. The summed E-state index contributed by atoms with van der Waals surface area (Å²) < 4.78 is 79.5. The van der Waals surface area contributed by atoms with Gasteiger partial charge in [0, 0.05) is 36.6 Å². The lowest BCUT2D eigenvalue weighted by atomic mass is 8.94. The zero-order valence-corrected chi connectivity index (χ0v) is 26.7. The van der Waals surface area contributed by atoms with E-state index in [2.05, 4.69) is 20.1 Å². The lowest BCUT2D eigenvalue weighted by molar-refractivity contribution is -0.645. The van der Waals surface area contributed by atoms with E-state index in [0.29, 0.717) is 40.6 Å². The Hall–Kier alpha value is -3.71. The SMILES string of the molecule is COc1ncnc(C(C)C)c1-c1nc(N(CC23C4[C@@H]5C6[C@H]4C2C6(n2nc(C(F)(F)F)cc2C(C)C)C53)C(C)=O)c2c(n1)C(F)(F)CC2. The molecule has 9 nitrogen and oxygen atoms in total. The third-order valence-electron chi connectivity index (χ3n) is 12.6. The van der Waals surface area contributed by atoms with Crippen LogP contribution in [0.15, 0.2) is 12.4 Å². The van der Waals surface area contributed by atoms with Crippen LogP contribution >= 0.6 is 0 Å². The number of carbonyl (C=O) groups is 1. The van der Waals surface area contributed by atoms with Gasteiger partial charge in [-0.05, 0) is 59.8 Å². The first-order valence-electron chi connectivity index (χ1n) is 16.3. The van der Waals surface area contributed by atoms with Crippen LogP contribution in [0.3, 0.4) is 0 Å². The normalized spacial score (nSPS) is 34.1. The number of hydrogen-bond acceptors (Lipinski definition) is 7. The van der Waals surface area contributed by atoms with E-state index in [1.165, 1.54) is 31.3 Å². The molecule has 1 amide bonds. The van der Waals surface area contributed by atoms with Crippen molar-refractivity contribution in [2.24, 2.45) is 40.9 Å². The van der Waals surface area contributed by atoms with Gasteiger partial charge in [-0.25, -0.2) is 19.9 Å². The van der Waals surface area contributed by atoms with E-state index in [0.717, 1.165) is 0 Å². The molecule has 0 bridgehead atoms. The Morgan fingerprint density at radius 1 is 1.09 bits per heavy atom. The van der Waals surface area contributed by atoms with Crippen LogP contribution < -0.4 is 9.64 Å². The summed E-state index contributed by atoms with van der Waals surface area (Å²) in [5.74, 6) is -1.95. The number of carbonyl (C=O) groups excluding carboxylic acids is 1. The highest BCUT2D eigenvalue weighted by atomic mass is 19.4. The zero-order valence-electron chi connectivity index (χ0n) is 26.7. The van der Waals surface area contributed by atoms with E-state index in [4.69, 9.17) is 9.72 Å². The van der Waals surface area contributed by atoms with Crippen molar-refractivity contribution >= 4 is 11.7 Å². The van der Waals surface area contributed by atoms with Crippen LogP contribution in [0.5, 0.6) is 5.88 Å². The van der Waals surface area contributed by atoms with Crippen molar-refractivity contribution in [3.8, 4) is 17.3 Å². The fourth-order valence-electron chi connectivity index (χ4n) is 11.3. The zero-order chi connectivity index (χ0) is 33.3. The Bertz CT molecular complexity index is 1880. The van der Waals surface area contributed by atoms with Crippen LogP contribution in [0.1, 0.15) is 81.2 Å². The van der Waals surface area contributed by atoms with Gasteiger partial charge in [0.2, 0.25) is 11.8 Å². The number of nitrogens with zero attached hydrogens (tertiary/aromatic N) is 7. The topological polar surface area (TPSA) is 98.9 Å². The maximum atomic E-state index is 15.4. The van der Waals surface area contributed by atoms with Crippen LogP contribution in [0, 0.1) is 40.9 Å². The molecule has 7 aliphatic rings. The second kappa shape index (κ2) is 8.65. The molecule has 0 N–H and O–H groups in total. The van der Waals surface area contributed by atoms with Crippen LogP contribution in [-0.2, 0) is 28.9 Å². The molecule has 6 unspecified atom stereocenters. The van der Waals surface area contributed by atoms with E-state index >= 15 is 8.78 Å². The third kappa shape index (κ3) is 3.08. The van der Waals surface area contributed by atoms with Gasteiger partial charge < -0.3 is 4.74 Å². The summed E-state index contributed by atoms with van der Waals surface area (Å²) in [6, 6.07) is 1.18. The minimum Gasteiger partial charge on any atom is -0.480 e. The molecule has 6 saturated carbocycles. The highest BCUT2D eigenvalue weighted by Crippen LogP contribution is 3.09. The van der Waals surface area contributed by atoms with E-state index in [-0.39, 0.29) is 71.0 Å². The number of fused-ring (bicyclic) bond motifs is 1. The maximum Gasteiger partial charge on any atom is 0.435 e. The van der Waals surface area contributed by atoms with Gasteiger partial charge in [-0.3, -0.25) is 14.4 Å².